The van der Waals surface area contributed by atoms with Gasteiger partial charge in [0.25, 0.3) is 0 Å². The van der Waals surface area contributed by atoms with Gasteiger partial charge in [-0.1, -0.05) is 47.1 Å². The summed E-state index contributed by atoms with van der Waals surface area (Å²) in [6.07, 6.45) is 1.25. The number of oxime groups is 1. The van der Waals surface area contributed by atoms with Crippen LogP contribution in [0.5, 0.6) is 5.75 Å². The molecule has 0 saturated carbocycles. The molecular weight excluding hydrogens is 274 g/mol. The van der Waals surface area contributed by atoms with Crippen LogP contribution in [-0.4, -0.2) is 16.0 Å². The molecule has 0 aliphatic heterocycles. The van der Waals surface area contributed by atoms with Crippen LogP contribution in [0.2, 0.25) is 5.02 Å². The molecule has 104 valence electrons. The molecule has 0 atom stereocenters. The second-order valence-corrected chi connectivity index (χ2v) is 5.06. The number of nitrogens with zero attached hydrogens (tertiary/aromatic N) is 1. The number of hydrogen-bond acceptors (Lipinski definition) is 3. The lowest BCUT2D eigenvalue weighted by Crippen LogP contribution is -2.04. The third-order valence-corrected chi connectivity index (χ3v) is 3.61. The van der Waals surface area contributed by atoms with Crippen LogP contribution in [0, 0.1) is 6.92 Å². The first kappa shape index (κ1) is 14.4. The van der Waals surface area contributed by atoms with Crippen molar-refractivity contribution in [2.24, 2.45) is 5.16 Å². The summed E-state index contributed by atoms with van der Waals surface area (Å²) in [5.41, 5.74) is 2.83. The lowest BCUT2D eigenvalue weighted by Gasteiger charge is -2.09. The van der Waals surface area contributed by atoms with E-state index in [1.165, 1.54) is 0 Å². The predicted molar refractivity (Wildman–Crippen MR) is 80.9 cm³/mol. The van der Waals surface area contributed by atoms with Gasteiger partial charge in [-0.25, -0.2) is 0 Å². The Morgan fingerprint density at radius 3 is 2.55 bits per heavy atom. The summed E-state index contributed by atoms with van der Waals surface area (Å²) in [7, 11) is 0. The quantitative estimate of drug-likeness (QED) is 0.504. The number of hydrogen-bond donors (Lipinski definition) is 2. The first-order valence-electron chi connectivity index (χ1n) is 6.36. The normalized spacial score (nSPS) is 11.6. The molecule has 0 amide bonds. The zero-order valence-electron chi connectivity index (χ0n) is 11.2. The van der Waals surface area contributed by atoms with Crippen LogP contribution >= 0.6 is 11.6 Å². The van der Waals surface area contributed by atoms with Gasteiger partial charge in [0, 0.05) is 10.6 Å². The first-order chi connectivity index (χ1) is 9.61. The van der Waals surface area contributed by atoms with Crippen molar-refractivity contribution in [1.29, 1.82) is 0 Å². The van der Waals surface area contributed by atoms with Crippen LogP contribution in [0.25, 0.3) is 0 Å². The zero-order chi connectivity index (χ0) is 14.5. The van der Waals surface area contributed by atoms with Crippen LogP contribution in [0.4, 0.5) is 0 Å². The average Bonchev–Trinajstić information content (AvgIpc) is 2.46. The second-order valence-electron chi connectivity index (χ2n) is 4.65. The molecule has 0 spiro atoms. The Balaban J connectivity index is 2.19. The van der Waals surface area contributed by atoms with Crippen LogP contribution in [0.3, 0.4) is 0 Å². The van der Waals surface area contributed by atoms with Crippen molar-refractivity contribution in [3.05, 3.63) is 64.2 Å². The maximum atomic E-state index is 9.96. The van der Waals surface area contributed by atoms with Crippen molar-refractivity contribution in [1.82, 2.24) is 0 Å². The lowest BCUT2D eigenvalue weighted by atomic mass is 10.0. The van der Waals surface area contributed by atoms with Crippen molar-refractivity contribution in [3.8, 4) is 5.75 Å². The Kier molecular flexibility index (Phi) is 4.64. The minimum absolute atomic E-state index is 0.0766. The molecule has 3 nitrogen and oxygen atoms in total. The summed E-state index contributed by atoms with van der Waals surface area (Å²) < 4.78 is 0. The third kappa shape index (κ3) is 3.31. The van der Waals surface area contributed by atoms with Crippen molar-refractivity contribution in [3.63, 3.8) is 0 Å². The summed E-state index contributed by atoms with van der Waals surface area (Å²) in [4.78, 5) is 0. The first-order valence-corrected chi connectivity index (χ1v) is 6.74. The maximum absolute atomic E-state index is 9.96. The minimum Gasteiger partial charge on any atom is -0.507 e. The zero-order valence-corrected chi connectivity index (χ0v) is 11.9. The fraction of sp³-hybridized carbons (Fsp3) is 0.188. The van der Waals surface area contributed by atoms with E-state index in [0.29, 0.717) is 22.7 Å². The number of phenolic OH excluding ortho intramolecular Hbond substituents is 1. The minimum atomic E-state index is 0.0766. The summed E-state index contributed by atoms with van der Waals surface area (Å²) in [6, 6.07) is 13.1. The standard InChI is InChI=1S/C16H16ClNO2/c1-11-9-16(19)13(10-14(11)17)15(18-20)8-7-12-5-3-2-4-6-12/h2-6,9-10,19-20H,7-8H2,1H3/b18-15+. The molecule has 0 fully saturated rings. The van der Waals surface area contributed by atoms with Gasteiger partial charge in [-0.3, -0.25) is 0 Å². The molecule has 2 aromatic carbocycles. The van der Waals surface area contributed by atoms with Gasteiger partial charge < -0.3 is 10.3 Å². The van der Waals surface area contributed by atoms with E-state index in [1.54, 1.807) is 12.1 Å². The highest BCUT2D eigenvalue weighted by atomic mass is 35.5. The van der Waals surface area contributed by atoms with Gasteiger partial charge in [0.2, 0.25) is 0 Å². The monoisotopic (exact) mass is 289 g/mol. The fourth-order valence-corrected chi connectivity index (χ4v) is 2.21. The van der Waals surface area contributed by atoms with Crippen molar-refractivity contribution in [2.75, 3.05) is 0 Å². The van der Waals surface area contributed by atoms with Gasteiger partial charge in [-0.15, -0.1) is 0 Å². The van der Waals surface area contributed by atoms with Crippen molar-refractivity contribution < 1.29 is 10.3 Å². The van der Waals surface area contributed by atoms with E-state index >= 15 is 0 Å². The molecular formula is C16H16ClNO2. The Labute approximate surface area is 123 Å². The van der Waals surface area contributed by atoms with Crippen LogP contribution in [-0.2, 0) is 6.42 Å². The molecule has 0 aromatic heterocycles. The third-order valence-electron chi connectivity index (χ3n) is 3.20. The van der Waals surface area contributed by atoms with Gasteiger partial charge in [-0.05, 0) is 43.0 Å². The van der Waals surface area contributed by atoms with E-state index in [1.807, 2.05) is 37.3 Å². The smallest absolute Gasteiger partial charge is 0.125 e. The highest BCUT2D eigenvalue weighted by molar-refractivity contribution is 6.31. The molecule has 2 rings (SSSR count). The van der Waals surface area contributed by atoms with E-state index in [2.05, 4.69) is 5.16 Å². The molecule has 0 heterocycles. The summed E-state index contributed by atoms with van der Waals surface area (Å²) in [5.74, 6) is 0.0766. The SMILES string of the molecule is Cc1cc(O)c(/C(CCc2ccccc2)=N/O)cc1Cl. The Bertz CT molecular complexity index is 624. The Hall–Kier alpha value is -2.00. The molecule has 2 N–H and O–H groups in total. The number of rotatable bonds is 4. The molecule has 4 heteroatoms. The highest BCUT2D eigenvalue weighted by Gasteiger charge is 2.12. The topological polar surface area (TPSA) is 52.8 Å². The number of aryl methyl sites for hydroxylation is 2. The lowest BCUT2D eigenvalue weighted by molar-refractivity contribution is 0.317. The average molecular weight is 290 g/mol. The Morgan fingerprint density at radius 1 is 1.20 bits per heavy atom. The molecule has 0 unspecified atom stereocenters. The second kappa shape index (κ2) is 6.44. The van der Waals surface area contributed by atoms with E-state index in [-0.39, 0.29) is 5.75 Å². The molecule has 0 aliphatic carbocycles. The maximum Gasteiger partial charge on any atom is 0.125 e. The van der Waals surface area contributed by atoms with E-state index < -0.39 is 0 Å². The van der Waals surface area contributed by atoms with Gasteiger partial charge in [-0.2, -0.15) is 0 Å². The number of benzene rings is 2. The highest BCUT2D eigenvalue weighted by Crippen LogP contribution is 2.27. The molecule has 0 saturated heterocycles. The summed E-state index contributed by atoms with van der Waals surface area (Å²) in [6.45, 7) is 1.81. The Morgan fingerprint density at radius 2 is 1.90 bits per heavy atom. The summed E-state index contributed by atoms with van der Waals surface area (Å²) >= 11 is 6.06. The number of phenols is 1. The van der Waals surface area contributed by atoms with Crippen molar-refractivity contribution >= 4 is 17.3 Å². The largest absolute Gasteiger partial charge is 0.507 e. The van der Waals surface area contributed by atoms with Gasteiger partial charge in [0.05, 0.1) is 5.71 Å². The molecule has 2 aromatic rings. The van der Waals surface area contributed by atoms with Gasteiger partial charge >= 0.3 is 0 Å². The summed E-state index contributed by atoms with van der Waals surface area (Å²) in [5, 5.41) is 23.0. The van der Waals surface area contributed by atoms with E-state index in [0.717, 1.165) is 17.5 Å². The van der Waals surface area contributed by atoms with E-state index in [9.17, 15) is 10.3 Å². The van der Waals surface area contributed by atoms with Crippen LogP contribution in [0.15, 0.2) is 47.6 Å². The molecule has 20 heavy (non-hydrogen) atoms. The van der Waals surface area contributed by atoms with Crippen LogP contribution < -0.4 is 0 Å². The molecule has 0 radical (unpaired) electrons. The predicted octanol–water partition coefficient (Wildman–Crippen LogP) is 4.17. The van der Waals surface area contributed by atoms with Gasteiger partial charge in [0.15, 0.2) is 0 Å². The van der Waals surface area contributed by atoms with Crippen LogP contribution in [0.1, 0.15) is 23.1 Å². The van der Waals surface area contributed by atoms with Gasteiger partial charge in [0.1, 0.15) is 5.75 Å². The van der Waals surface area contributed by atoms with Crippen molar-refractivity contribution in [2.45, 2.75) is 19.8 Å². The number of halogens is 1. The molecule has 0 bridgehead atoms. The molecule has 0 aliphatic rings. The fourth-order valence-electron chi connectivity index (χ4n) is 2.04. The number of aromatic hydroxyl groups is 1. The van der Waals surface area contributed by atoms with E-state index in [4.69, 9.17) is 11.6 Å².